The van der Waals surface area contributed by atoms with Gasteiger partial charge < -0.3 is 15.7 Å². The highest BCUT2D eigenvalue weighted by molar-refractivity contribution is 5.78. The summed E-state index contributed by atoms with van der Waals surface area (Å²) in [5.41, 5.74) is -0.776. The van der Waals surface area contributed by atoms with Gasteiger partial charge in [0.25, 0.3) is 0 Å². The van der Waals surface area contributed by atoms with Crippen molar-refractivity contribution in [3.63, 3.8) is 0 Å². The van der Waals surface area contributed by atoms with Crippen LogP contribution in [0.25, 0.3) is 0 Å². The Morgan fingerprint density at radius 3 is 2.38 bits per heavy atom. The first-order valence-corrected chi connectivity index (χ1v) is 8.11. The van der Waals surface area contributed by atoms with E-state index in [0.29, 0.717) is 31.2 Å². The molecule has 1 fully saturated rings. The molecule has 0 bridgehead atoms. The Labute approximate surface area is 127 Å². The average molecular weight is 298 g/mol. The molecule has 2 amide bonds. The summed E-state index contributed by atoms with van der Waals surface area (Å²) in [6, 6.07) is -0.252. The minimum atomic E-state index is -0.783. The monoisotopic (exact) mass is 298 g/mol. The third kappa shape index (κ3) is 5.94. The third-order valence-electron chi connectivity index (χ3n) is 4.52. The van der Waals surface area contributed by atoms with Gasteiger partial charge in [0.1, 0.15) is 0 Å². The van der Waals surface area contributed by atoms with E-state index in [0.717, 1.165) is 25.7 Å². The lowest BCUT2D eigenvalue weighted by Crippen LogP contribution is -2.47. The molecule has 0 spiro atoms. The van der Waals surface area contributed by atoms with Crippen LogP contribution < -0.4 is 10.6 Å². The number of carbonyl (C=O) groups excluding carboxylic acids is 1. The maximum Gasteiger partial charge on any atom is 0.314 e. The maximum absolute atomic E-state index is 11.7. The van der Waals surface area contributed by atoms with E-state index in [2.05, 4.69) is 31.4 Å². The van der Waals surface area contributed by atoms with Crippen LogP contribution in [0, 0.1) is 17.3 Å². The predicted molar refractivity (Wildman–Crippen MR) is 83.2 cm³/mol. The fourth-order valence-electron chi connectivity index (χ4n) is 2.81. The minimum Gasteiger partial charge on any atom is -0.481 e. The van der Waals surface area contributed by atoms with Gasteiger partial charge >= 0.3 is 12.0 Å². The number of urea groups is 1. The first-order chi connectivity index (χ1) is 9.85. The van der Waals surface area contributed by atoms with E-state index >= 15 is 0 Å². The molecule has 0 atom stereocenters. The van der Waals surface area contributed by atoms with E-state index in [1.54, 1.807) is 0 Å². The first kappa shape index (κ1) is 17.8. The van der Waals surface area contributed by atoms with Crippen molar-refractivity contribution in [3.8, 4) is 0 Å². The Kier molecular flexibility index (Phi) is 6.99. The largest absolute Gasteiger partial charge is 0.481 e. The van der Waals surface area contributed by atoms with Crippen molar-refractivity contribution in [1.82, 2.24) is 10.6 Å². The number of hydrogen-bond donors (Lipinski definition) is 3. The van der Waals surface area contributed by atoms with Gasteiger partial charge in [0.05, 0.1) is 5.41 Å². The molecule has 0 heterocycles. The topological polar surface area (TPSA) is 78.4 Å². The van der Waals surface area contributed by atoms with Crippen LogP contribution in [0.2, 0.25) is 0 Å². The lowest BCUT2D eigenvalue weighted by molar-refractivity contribution is -0.151. The number of nitrogens with one attached hydrogen (secondary N) is 2. The number of carbonyl (C=O) groups is 2. The van der Waals surface area contributed by atoms with Crippen molar-refractivity contribution < 1.29 is 14.7 Å². The molecule has 0 aromatic carbocycles. The van der Waals surface area contributed by atoms with Gasteiger partial charge in [-0.25, -0.2) is 4.79 Å². The van der Waals surface area contributed by atoms with E-state index < -0.39 is 11.4 Å². The summed E-state index contributed by atoms with van der Waals surface area (Å²) < 4.78 is 0. The first-order valence-electron chi connectivity index (χ1n) is 8.11. The molecule has 0 aliphatic heterocycles. The molecular formula is C16H30N2O3. The highest BCUT2D eigenvalue weighted by Gasteiger charge is 2.41. The van der Waals surface area contributed by atoms with Crippen LogP contribution in [0.4, 0.5) is 4.79 Å². The van der Waals surface area contributed by atoms with Gasteiger partial charge in [0.15, 0.2) is 0 Å². The van der Waals surface area contributed by atoms with Gasteiger partial charge in [-0.3, -0.25) is 4.79 Å². The second-order valence-electron chi connectivity index (χ2n) is 6.91. The normalized spacial score (nSPS) is 25.6. The summed E-state index contributed by atoms with van der Waals surface area (Å²) in [6.45, 7) is 7.33. The van der Waals surface area contributed by atoms with Crippen LogP contribution >= 0.6 is 0 Å². The Balaban J connectivity index is 2.33. The molecule has 0 radical (unpaired) electrons. The van der Waals surface area contributed by atoms with Gasteiger partial charge in [-0.05, 0) is 50.4 Å². The number of rotatable bonds is 7. The molecule has 3 N–H and O–H groups in total. The molecule has 1 aliphatic rings. The summed E-state index contributed by atoms with van der Waals surface area (Å²) in [6.07, 6.45) is 5.17. The van der Waals surface area contributed by atoms with Crippen LogP contribution in [-0.2, 0) is 4.79 Å². The molecule has 5 heteroatoms. The van der Waals surface area contributed by atoms with Crippen molar-refractivity contribution in [2.45, 2.75) is 59.3 Å². The van der Waals surface area contributed by atoms with Crippen molar-refractivity contribution in [1.29, 1.82) is 0 Å². The number of carboxylic acid groups (broad SMARTS) is 1. The van der Waals surface area contributed by atoms with Crippen molar-refractivity contribution in [2.75, 3.05) is 13.1 Å². The molecule has 21 heavy (non-hydrogen) atoms. The van der Waals surface area contributed by atoms with Crippen molar-refractivity contribution in [2.24, 2.45) is 17.3 Å². The highest BCUT2D eigenvalue weighted by Crippen LogP contribution is 2.38. The SMILES string of the molecule is CC(C)CCCNC(=O)NCC1(C(=O)O)CCC(C)CC1. The molecule has 5 nitrogen and oxygen atoms in total. The van der Waals surface area contributed by atoms with E-state index in [4.69, 9.17) is 0 Å². The molecule has 122 valence electrons. The quantitative estimate of drug-likeness (QED) is 0.632. The number of carboxylic acids is 1. The number of hydrogen-bond acceptors (Lipinski definition) is 2. The van der Waals surface area contributed by atoms with Crippen molar-refractivity contribution >= 4 is 12.0 Å². The van der Waals surface area contributed by atoms with Gasteiger partial charge in [-0.2, -0.15) is 0 Å². The molecule has 0 aromatic heterocycles. The van der Waals surface area contributed by atoms with Crippen LogP contribution in [0.1, 0.15) is 59.3 Å². The Morgan fingerprint density at radius 1 is 1.24 bits per heavy atom. The maximum atomic E-state index is 11.7. The van der Waals surface area contributed by atoms with Crippen LogP contribution in [0.3, 0.4) is 0 Å². The zero-order chi connectivity index (χ0) is 15.9. The molecule has 1 aliphatic carbocycles. The van der Waals surface area contributed by atoms with E-state index in [9.17, 15) is 14.7 Å². The molecular weight excluding hydrogens is 268 g/mol. The minimum absolute atomic E-state index is 0.227. The number of aliphatic carboxylic acids is 1. The second-order valence-corrected chi connectivity index (χ2v) is 6.91. The standard InChI is InChI=1S/C16H30N2O3/c1-12(2)5-4-10-17-15(21)18-11-16(14(19)20)8-6-13(3)7-9-16/h12-13H,4-11H2,1-3H3,(H,19,20)(H2,17,18,21). The summed E-state index contributed by atoms with van der Waals surface area (Å²) in [7, 11) is 0. The Bertz CT molecular complexity index is 347. The van der Waals surface area contributed by atoms with Gasteiger partial charge in [-0.1, -0.05) is 20.8 Å². The zero-order valence-electron chi connectivity index (χ0n) is 13.6. The Morgan fingerprint density at radius 2 is 1.86 bits per heavy atom. The van der Waals surface area contributed by atoms with Gasteiger partial charge in [-0.15, -0.1) is 0 Å². The second kappa shape index (κ2) is 8.25. The summed E-state index contributed by atoms with van der Waals surface area (Å²) in [5.74, 6) is 0.436. The van der Waals surface area contributed by atoms with Crippen LogP contribution in [-0.4, -0.2) is 30.2 Å². The summed E-state index contributed by atoms with van der Waals surface area (Å²) in [4.78, 5) is 23.3. The smallest absolute Gasteiger partial charge is 0.314 e. The molecule has 0 saturated heterocycles. The lowest BCUT2D eigenvalue weighted by Gasteiger charge is -2.35. The van der Waals surface area contributed by atoms with Gasteiger partial charge in [0.2, 0.25) is 0 Å². The highest BCUT2D eigenvalue weighted by atomic mass is 16.4. The Hall–Kier alpha value is -1.26. The predicted octanol–water partition coefficient (Wildman–Crippen LogP) is 3.00. The van der Waals surface area contributed by atoms with E-state index in [1.165, 1.54) is 0 Å². The van der Waals surface area contributed by atoms with E-state index in [1.807, 2.05) is 0 Å². The summed E-state index contributed by atoms with van der Waals surface area (Å²) in [5, 5.41) is 15.0. The average Bonchev–Trinajstić information content (AvgIpc) is 2.43. The zero-order valence-corrected chi connectivity index (χ0v) is 13.6. The van der Waals surface area contributed by atoms with Crippen molar-refractivity contribution in [3.05, 3.63) is 0 Å². The number of amides is 2. The molecule has 1 saturated carbocycles. The molecule has 1 rings (SSSR count). The lowest BCUT2D eigenvalue weighted by atomic mass is 9.71. The summed E-state index contributed by atoms with van der Waals surface area (Å²) >= 11 is 0. The van der Waals surface area contributed by atoms with Crippen LogP contribution in [0.5, 0.6) is 0 Å². The van der Waals surface area contributed by atoms with Gasteiger partial charge in [0, 0.05) is 13.1 Å². The molecule has 0 unspecified atom stereocenters. The van der Waals surface area contributed by atoms with Crippen LogP contribution in [0.15, 0.2) is 0 Å². The third-order valence-corrected chi connectivity index (χ3v) is 4.52. The molecule has 0 aromatic rings. The van der Waals surface area contributed by atoms with E-state index in [-0.39, 0.29) is 12.6 Å². The fraction of sp³-hybridized carbons (Fsp3) is 0.875. The fourth-order valence-corrected chi connectivity index (χ4v) is 2.81.